The summed E-state index contributed by atoms with van der Waals surface area (Å²) < 4.78 is 12.6. The Balaban J connectivity index is 2.48. The van der Waals surface area contributed by atoms with Gasteiger partial charge in [-0.25, -0.2) is 0 Å². The van der Waals surface area contributed by atoms with Crippen molar-refractivity contribution in [2.24, 2.45) is 5.73 Å². The first kappa shape index (κ1) is 15.7. The molecule has 0 bridgehead atoms. The normalized spacial score (nSPS) is 12.2. The molecule has 1 unspecified atom stereocenters. The van der Waals surface area contributed by atoms with Crippen molar-refractivity contribution < 1.29 is 9.47 Å². The van der Waals surface area contributed by atoms with Crippen LogP contribution in [0.25, 0.3) is 0 Å². The quantitative estimate of drug-likeness (QED) is 0.891. The second-order valence-corrected chi connectivity index (χ2v) is 5.12. The van der Waals surface area contributed by atoms with Gasteiger partial charge in [-0.1, -0.05) is 24.6 Å². The van der Waals surface area contributed by atoms with E-state index >= 15 is 0 Å². The van der Waals surface area contributed by atoms with E-state index in [1.165, 1.54) is 0 Å². The van der Waals surface area contributed by atoms with Crippen LogP contribution >= 0.6 is 11.6 Å². The molecular formula is C15H20ClN3O2. The van der Waals surface area contributed by atoms with Gasteiger partial charge in [0.2, 0.25) is 0 Å². The van der Waals surface area contributed by atoms with Gasteiger partial charge in [-0.3, -0.25) is 4.68 Å². The molecule has 0 aliphatic heterocycles. The SMILES string of the molecule is CCCn1ncc(OC)c1C(N)c1ccc(Cl)cc1OC. The van der Waals surface area contributed by atoms with Crippen molar-refractivity contribution in [2.45, 2.75) is 25.9 Å². The van der Waals surface area contributed by atoms with Gasteiger partial charge < -0.3 is 15.2 Å². The number of aromatic nitrogens is 2. The fourth-order valence-electron chi connectivity index (χ4n) is 2.33. The summed E-state index contributed by atoms with van der Waals surface area (Å²) in [7, 11) is 3.21. The number of benzene rings is 1. The van der Waals surface area contributed by atoms with Crippen LogP contribution < -0.4 is 15.2 Å². The summed E-state index contributed by atoms with van der Waals surface area (Å²) in [5.41, 5.74) is 8.11. The first-order valence-electron chi connectivity index (χ1n) is 6.81. The Kier molecular flexibility index (Phi) is 5.09. The first-order valence-corrected chi connectivity index (χ1v) is 7.18. The van der Waals surface area contributed by atoms with Crippen molar-refractivity contribution in [3.8, 4) is 11.5 Å². The highest BCUT2D eigenvalue weighted by molar-refractivity contribution is 6.30. The molecule has 1 heterocycles. The van der Waals surface area contributed by atoms with E-state index in [1.54, 1.807) is 32.5 Å². The molecule has 0 radical (unpaired) electrons. The number of methoxy groups -OCH3 is 2. The summed E-state index contributed by atoms with van der Waals surface area (Å²) in [5.74, 6) is 1.33. The Hall–Kier alpha value is -1.72. The van der Waals surface area contributed by atoms with E-state index < -0.39 is 6.04 Å². The third kappa shape index (κ3) is 3.14. The first-order chi connectivity index (χ1) is 10.1. The van der Waals surface area contributed by atoms with Crippen molar-refractivity contribution in [1.29, 1.82) is 0 Å². The van der Waals surface area contributed by atoms with Gasteiger partial charge in [-0.2, -0.15) is 5.10 Å². The van der Waals surface area contributed by atoms with Gasteiger partial charge in [-0.05, 0) is 18.6 Å². The van der Waals surface area contributed by atoms with Crippen LogP contribution in [0.1, 0.15) is 30.6 Å². The van der Waals surface area contributed by atoms with Crippen LogP contribution in [0.4, 0.5) is 0 Å². The molecule has 1 atom stereocenters. The highest BCUT2D eigenvalue weighted by atomic mass is 35.5. The Morgan fingerprint density at radius 2 is 2.00 bits per heavy atom. The number of halogens is 1. The molecule has 0 saturated carbocycles. The van der Waals surface area contributed by atoms with Crippen molar-refractivity contribution in [3.05, 3.63) is 40.7 Å². The number of hydrogen-bond acceptors (Lipinski definition) is 4. The van der Waals surface area contributed by atoms with Crippen molar-refractivity contribution >= 4 is 11.6 Å². The van der Waals surface area contributed by atoms with E-state index in [0.29, 0.717) is 16.5 Å². The maximum absolute atomic E-state index is 6.43. The summed E-state index contributed by atoms with van der Waals surface area (Å²) in [6, 6.07) is 5.02. The van der Waals surface area contributed by atoms with Crippen LogP contribution in [-0.4, -0.2) is 24.0 Å². The third-order valence-electron chi connectivity index (χ3n) is 3.33. The van der Waals surface area contributed by atoms with Crippen LogP contribution in [0, 0.1) is 0 Å². The van der Waals surface area contributed by atoms with Crippen molar-refractivity contribution in [2.75, 3.05) is 14.2 Å². The highest BCUT2D eigenvalue weighted by Crippen LogP contribution is 2.34. The Morgan fingerprint density at radius 1 is 1.29 bits per heavy atom. The minimum Gasteiger partial charge on any atom is -0.496 e. The van der Waals surface area contributed by atoms with E-state index in [9.17, 15) is 0 Å². The second kappa shape index (κ2) is 6.83. The average molecular weight is 310 g/mol. The molecule has 1 aromatic carbocycles. The summed E-state index contributed by atoms with van der Waals surface area (Å²) >= 11 is 6.00. The van der Waals surface area contributed by atoms with Gasteiger partial charge in [0.1, 0.15) is 11.4 Å². The predicted molar refractivity (Wildman–Crippen MR) is 83.1 cm³/mol. The van der Waals surface area contributed by atoms with E-state index in [0.717, 1.165) is 24.2 Å². The van der Waals surface area contributed by atoms with Crippen LogP contribution in [0.3, 0.4) is 0 Å². The third-order valence-corrected chi connectivity index (χ3v) is 3.56. The lowest BCUT2D eigenvalue weighted by molar-refractivity contribution is 0.396. The van der Waals surface area contributed by atoms with Gasteiger partial charge in [0.25, 0.3) is 0 Å². The average Bonchev–Trinajstić information content (AvgIpc) is 2.89. The lowest BCUT2D eigenvalue weighted by Gasteiger charge is -2.18. The zero-order chi connectivity index (χ0) is 15.4. The van der Waals surface area contributed by atoms with E-state index in [-0.39, 0.29) is 0 Å². The van der Waals surface area contributed by atoms with Crippen LogP contribution in [0.15, 0.2) is 24.4 Å². The van der Waals surface area contributed by atoms with Gasteiger partial charge >= 0.3 is 0 Å². The van der Waals surface area contributed by atoms with Gasteiger partial charge in [-0.15, -0.1) is 0 Å². The maximum Gasteiger partial charge on any atom is 0.161 e. The molecule has 0 amide bonds. The minimum absolute atomic E-state index is 0.402. The molecule has 0 aliphatic rings. The highest BCUT2D eigenvalue weighted by Gasteiger charge is 2.23. The van der Waals surface area contributed by atoms with E-state index in [1.807, 2.05) is 10.7 Å². The molecule has 0 aliphatic carbocycles. The van der Waals surface area contributed by atoms with Crippen LogP contribution in [-0.2, 0) is 6.54 Å². The lowest BCUT2D eigenvalue weighted by atomic mass is 10.0. The second-order valence-electron chi connectivity index (χ2n) is 4.69. The summed E-state index contributed by atoms with van der Waals surface area (Å²) in [5, 5.41) is 4.95. The molecule has 5 nitrogen and oxygen atoms in total. The molecule has 114 valence electrons. The van der Waals surface area contributed by atoms with Gasteiger partial charge in [0.05, 0.1) is 26.5 Å². The van der Waals surface area contributed by atoms with Crippen LogP contribution in [0.2, 0.25) is 5.02 Å². The van der Waals surface area contributed by atoms with Crippen molar-refractivity contribution in [1.82, 2.24) is 9.78 Å². The summed E-state index contributed by atoms with van der Waals surface area (Å²) in [6.45, 7) is 2.87. The lowest BCUT2D eigenvalue weighted by Crippen LogP contribution is -2.19. The van der Waals surface area contributed by atoms with E-state index in [2.05, 4.69) is 12.0 Å². The number of rotatable bonds is 6. The Morgan fingerprint density at radius 3 is 2.62 bits per heavy atom. The minimum atomic E-state index is -0.402. The topological polar surface area (TPSA) is 62.3 Å². The molecule has 0 saturated heterocycles. The van der Waals surface area contributed by atoms with Gasteiger partial charge in [0, 0.05) is 17.1 Å². The fourth-order valence-corrected chi connectivity index (χ4v) is 2.49. The number of hydrogen-bond donors (Lipinski definition) is 1. The Labute approximate surface area is 129 Å². The Bertz CT molecular complexity index is 613. The number of aryl methyl sites for hydroxylation is 1. The summed E-state index contributed by atoms with van der Waals surface area (Å²) in [6.07, 6.45) is 2.65. The zero-order valence-corrected chi connectivity index (χ0v) is 13.2. The zero-order valence-electron chi connectivity index (χ0n) is 12.5. The predicted octanol–water partition coefficient (Wildman–Crippen LogP) is 3.01. The number of nitrogens with two attached hydrogens (primary N) is 1. The molecule has 0 fully saturated rings. The monoisotopic (exact) mass is 309 g/mol. The van der Waals surface area contributed by atoms with E-state index in [4.69, 9.17) is 26.8 Å². The largest absolute Gasteiger partial charge is 0.496 e. The van der Waals surface area contributed by atoms with Crippen molar-refractivity contribution in [3.63, 3.8) is 0 Å². The molecule has 0 spiro atoms. The number of nitrogens with zero attached hydrogens (tertiary/aromatic N) is 2. The number of ether oxygens (including phenoxy) is 2. The maximum atomic E-state index is 6.43. The molecule has 6 heteroatoms. The molecule has 2 rings (SSSR count). The molecule has 2 aromatic rings. The molecule has 1 aromatic heterocycles. The summed E-state index contributed by atoms with van der Waals surface area (Å²) in [4.78, 5) is 0. The molecule has 2 N–H and O–H groups in total. The smallest absolute Gasteiger partial charge is 0.161 e. The van der Waals surface area contributed by atoms with Gasteiger partial charge in [0.15, 0.2) is 5.75 Å². The molecule has 21 heavy (non-hydrogen) atoms. The standard InChI is InChI=1S/C15H20ClN3O2/c1-4-7-19-15(13(21-3)9-18-19)14(17)11-6-5-10(16)8-12(11)20-2/h5-6,8-9,14H,4,7,17H2,1-3H3. The van der Waals surface area contributed by atoms with Crippen LogP contribution in [0.5, 0.6) is 11.5 Å². The molecular weight excluding hydrogens is 290 g/mol. The fraction of sp³-hybridized carbons (Fsp3) is 0.400.